The van der Waals surface area contributed by atoms with Crippen LogP contribution in [0.25, 0.3) is 0 Å². The summed E-state index contributed by atoms with van der Waals surface area (Å²) in [4.78, 5) is 0. The number of hydrogen-bond donors (Lipinski definition) is 0. The molecule has 0 aromatic heterocycles. The maximum absolute atomic E-state index is 6.38. The van der Waals surface area contributed by atoms with Gasteiger partial charge in [0.2, 0.25) is 0 Å². The average Bonchev–Trinajstić information content (AvgIpc) is 2.46. The molecule has 21 heavy (non-hydrogen) atoms. The zero-order valence-corrected chi connectivity index (χ0v) is 17.8. The second-order valence-electron chi connectivity index (χ2n) is 6.87. The highest BCUT2D eigenvalue weighted by Gasteiger charge is 2.11. The first kappa shape index (κ1) is 21.4. The quantitative estimate of drug-likeness (QED) is 0.234. The minimum absolute atomic E-state index is 0.827. The van der Waals surface area contributed by atoms with Gasteiger partial charge in [0.25, 0.3) is 0 Å². The van der Waals surface area contributed by atoms with Crippen molar-refractivity contribution >= 4 is 18.1 Å². The van der Waals surface area contributed by atoms with Crippen molar-refractivity contribution in [3.05, 3.63) is 0 Å². The highest BCUT2D eigenvalue weighted by molar-refractivity contribution is 6.64. The Morgan fingerprint density at radius 2 is 0.857 bits per heavy atom. The normalized spacial score (nSPS) is 14.3. The van der Waals surface area contributed by atoms with Crippen LogP contribution in [0.2, 0.25) is 25.2 Å². The van der Waals surface area contributed by atoms with Gasteiger partial charge in [0.05, 0.1) is 0 Å². The van der Waals surface area contributed by atoms with Gasteiger partial charge in [-0.1, -0.05) is 90.9 Å². The summed E-state index contributed by atoms with van der Waals surface area (Å²) in [6, 6.07) is 2.83. The molecule has 0 aromatic carbocycles. The molecule has 0 saturated carbocycles. The Labute approximate surface area is 138 Å². The third-order valence-corrected chi connectivity index (χ3v) is 10.6. The van der Waals surface area contributed by atoms with Crippen LogP contribution in [-0.4, -0.2) is 18.1 Å². The smallest absolute Gasteiger partial charge is 0.159 e. The van der Waals surface area contributed by atoms with Crippen molar-refractivity contribution in [3.63, 3.8) is 0 Å². The molecule has 0 bridgehead atoms. The van der Waals surface area contributed by atoms with E-state index in [9.17, 15) is 0 Å². The van der Waals surface area contributed by atoms with Gasteiger partial charge in [-0.15, -0.1) is 0 Å². The number of unbranched alkanes of at least 4 members (excludes halogenated alkanes) is 10. The lowest BCUT2D eigenvalue weighted by molar-refractivity contribution is 0.560. The molecule has 3 heteroatoms. The van der Waals surface area contributed by atoms with Gasteiger partial charge >= 0.3 is 0 Å². The molecule has 0 aliphatic heterocycles. The van der Waals surface area contributed by atoms with Gasteiger partial charge in [0.1, 0.15) is 0 Å². The lowest BCUT2D eigenvalue weighted by atomic mass is 10.1. The molecule has 128 valence electrons. The highest BCUT2D eigenvalue weighted by atomic mass is 28.4. The molecular formula is C18H42OSi2. The summed E-state index contributed by atoms with van der Waals surface area (Å²) in [5.41, 5.74) is 0. The Bertz CT molecular complexity index is 180. The fraction of sp³-hybridized carbons (Fsp3) is 1.00. The van der Waals surface area contributed by atoms with E-state index in [1.54, 1.807) is 0 Å². The summed E-state index contributed by atoms with van der Waals surface area (Å²) in [5.74, 6) is 0. The molecule has 2 unspecified atom stereocenters. The fourth-order valence-electron chi connectivity index (χ4n) is 2.96. The molecule has 0 radical (unpaired) electrons. The lowest BCUT2D eigenvalue weighted by Gasteiger charge is -2.17. The van der Waals surface area contributed by atoms with Crippen LogP contribution in [0, 0.1) is 0 Å². The third kappa shape index (κ3) is 16.6. The molecule has 0 saturated heterocycles. The van der Waals surface area contributed by atoms with Crippen molar-refractivity contribution in [3.8, 4) is 0 Å². The Hall–Kier alpha value is 0.394. The van der Waals surface area contributed by atoms with Crippen LogP contribution in [0.5, 0.6) is 0 Å². The summed E-state index contributed by atoms with van der Waals surface area (Å²) >= 11 is 0. The van der Waals surface area contributed by atoms with Gasteiger partial charge in [-0.2, -0.15) is 0 Å². The van der Waals surface area contributed by atoms with Gasteiger partial charge in [-0.05, 0) is 25.2 Å². The topological polar surface area (TPSA) is 9.23 Å². The van der Waals surface area contributed by atoms with Crippen molar-refractivity contribution in [1.29, 1.82) is 0 Å². The van der Waals surface area contributed by atoms with E-state index in [0.29, 0.717) is 0 Å². The number of hydrogen-bond acceptors (Lipinski definition) is 1. The van der Waals surface area contributed by atoms with E-state index in [1.807, 2.05) is 0 Å². The van der Waals surface area contributed by atoms with E-state index in [0.717, 1.165) is 0 Å². The predicted molar refractivity (Wildman–Crippen MR) is 103 cm³/mol. The first-order valence-electron chi connectivity index (χ1n) is 9.86. The molecule has 1 nitrogen and oxygen atoms in total. The van der Waals surface area contributed by atoms with Crippen LogP contribution in [-0.2, 0) is 4.12 Å². The molecule has 0 aliphatic carbocycles. The van der Waals surface area contributed by atoms with Crippen LogP contribution in [0.1, 0.15) is 90.9 Å². The van der Waals surface area contributed by atoms with Crippen LogP contribution in [0.3, 0.4) is 0 Å². The fourth-order valence-corrected chi connectivity index (χ4v) is 8.95. The second-order valence-corrected chi connectivity index (χ2v) is 12.4. The van der Waals surface area contributed by atoms with Crippen LogP contribution in [0.15, 0.2) is 0 Å². The minimum Gasteiger partial charge on any atom is -0.460 e. The van der Waals surface area contributed by atoms with Crippen LogP contribution >= 0.6 is 0 Å². The largest absolute Gasteiger partial charge is 0.460 e. The summed E-state index contributed by atoms with van der Waals surface area (Å²) in [5, 5.41) is 0. The van der Waals surface area contributed by atoms with Gasteiger partial charge in [0, 0.05) is 0 Å². The SMILES string of the molecule is CCCCCCCC[SiH](C)O[SiH](C)CCCCCCCC. The van der Waals surface area contributed by atoms with Crippen molar-refractivity contribution in [1.82, 2.24) is 0 Å². The van der Waals surface area contributed by atoms with E-state index in [2.05, 4.69) is 26.9 Å². The van der Waals surface area contributed by atoms with E-state index >= 15 is 0 Å². The first-order valence-corrected chi connectivity index (χ1v) is 14.7. The molecule has 0 fully saturated rings. The maximum atomic E-state index is 6.38. The maximum Gasteiger partial charge on any atom is 0.159 e. The monoisotopic (exact) mass is 330 g/mol. The van der Waals surface area contributed by atoms with E-state index in [1.165, 1.54) is 89.1 Å². The van der Waals surface area contributed by atoms with Crippen molar-refractivity contribution in [2.45, 2.75) is 116 Å². The van der Waals surface area contributed by atoms with Gasteiger partial charge < -0.3 is 4.12 Å². The average molecular weight is 331 g/mol. The molecule has 0 spiro atoms. The van der Waals surface area contributed by atoms with E-state index in [-0.39, 0.29) is 0 Å². The summed E-state index contributed by atoms with van der Waals surface area (Å²) in [6.07, 6.45) is 17.1. The number of rotatable bonds is 16. The molecule has 0 rings (SSSR count). The summed E-state index contributed by atoms with van der Waals surface area (Å²) in [6.45, 7) is 9.44. The van der Waals surface area contributed by atoms with Gasteiger partial charge in [-0.25, -0.2) is 0 Å². The Morgan fingerprint density at radius 3 is 1.24 bits per heavy atom. The molecule has 0 aromatic rings. The Balaban J connectivity index is 3.33. The van der Waals surface area contributed by atoms with Crippen molar-refractivity contribution in [2.24, 2.45) is 0 Å². The Kier molecular flexibility index (Phi) is 17.1. The third-order valence-electron chi connectivity index (χ3n) is 4.39. The minimum atomic E-state index is -0.827. The highest BCUT2D eigenvalue weighted by Crippen LogP contribution is 2.13. The van der Waals surface area contributed by atoms with Crippen molar-refractivity contribution in [2.75, 3.05) is 0 Å². The molecular weight excluding hydrogens is 288 g/mol. The zero-order chi connectivity index (χ0) is 15.8. The van der Waals surface area contributed by atoms with Crippen LogP contribution < -0.4 is 0 Å². The Morgan fingerprint density at radius 1 is 0.524 bits per heavy atom. The molecule has 0 amide bonds. The van der Waals surface area contributed by atoms with Crippen LogP contribution in [0.4, 0.5) is 0 Å². The standard InChI is InChI=1S/C18H42OSi2/c1-5-7-9-11-13-15-17-20(3)19-21(4)18-16-14-12-10-8-6-2/h20-21H,5-18H2,1-4H3. The van der Waals surface area contributed by atoms with Gasteiger partial charge in [0.15, 0.2) is 18.1 Å². The second kappa shape index (κ2) is 16.8. The molecule has 2 atom stereocenters. The van der Waals surface area contributed by atoms with E-state index < -0.39 is 18.1 Å². The van der Waals surface area contributed by atoms with E-state index in [4.69, 9.17) is 4.12 Å². The van der Waals surface area contributed by atoms with Crippen molar-refractivity contribution < 1.29 is 4.12 Å². The summed E-state index contributed by atoms with van der Waals surface area (Å²) in [7, 11) is -1.65. The zero-order valence-electron chi connectivity index (χ0n) is 15.5. The molecule has 0 N–H and O–H groups in total. The first-order chi connectivity index (χ1) is 10.2. The summed E-state index contributed by atoms with van der Waals surface area (Å²) < 4.78 is 6.38. The lowest BCUT2D eigenvalue weighted by Crippen LogP contribution is -2.23. The van der Waals surface area contributed by atoms with Gasteiger partial charge in [-0.3, -0.25) is 0 Å². The predicted octanol–water partition coefficient (Wildman–Crippen LogP) is 6.43. The molecule has 0 aliphatic rings. The molecule has 0 heterocycles.